The maximum absolute atomic E-state index is 12.6. The van der Waals surface area contributed by atoms with Gasteiger partial charge in [0.25, 0.3) is 0 Å². The van der Waals surface area contributed by atoms with Crippen molar-refractivity contribution in [3.8, 4) is 23.3 Å². The Bertz CT molecular complexity index is 1270. The van der Waals surface area contributed by atoms with Crippen LogP contribution in [0.5, 0.6) is 0 Å². The number of allylic oxidation sites excluding steroid dienone is 1. The number of fused-ring (bicyclic) bond motifs is 3. The molecule has 0 saturated carbocycles. The summed E-state index contributed by atoms with van der Waals surface area (Å²) in [6, 6.07) is 24.4. The van der Waals surface area contributed by atoms with E-state index < -0.39 is 5.97 Å². The predicted molar refractivity (Wildman–Crippen MR) is 115 cm³/mol. The Hall–Kier alpha value is -4.41. The van der Waals surface area contributed by atoms with Crippen LogP contribution in [-0.2, 0) is 11.3 Å². The third-order valence-electron chi connectivity index (χ3n) is 5.07. The Morgan fingerprint density at radius 2 is 1.57 bits per heavy atom. The minimum atomic E-state index is -0.462. The maximum atomic E-state index is 12.6. The minimum absolute atomic E-state index is 0.0222. The molecule has 0 atom stereocenters. The Labute approximate surface area is 174 Å². The van der Waals surface area contributed by atoms with Gasteiger partial charge in [0.15, 0.2) is 0 Å². The van der Waals surface area contributed by atoms with Gasteiger partial charge in [-0.05, 0) is 45.5 Å². The third-order valence-corrected chi connectivity index (χ3v) is 5.07. The Morgan fingerprint density at radius 1 is 0.900 bits per heavy atom. The smallest absolute Gasteiger partial charge is 0.338 e. The molecule has 1 aliphatic rings. The van der Waals surface area contributed by atoms with Crippen LogP contribution >= 0.6 is 0 Å². The van der Waals surface area contributed by atoms with Crippen LogP contribution < -0.4 is 0 Å². The highest BCUT2D eigenvalue weighted by molar-refractivity contribution is 6.05. The van der Waals surface area contributed by atoms with Crippen molar-refractivity contribution in [1.29, 1.82) is 10.5 Å². The van der Waals surface area contributed by atoms with E-state index in [2.05, 4.69) is 6.58 Å². The summed E-state index contributed by atoms with van der Waals surface area (Å²) in [5.41, 5.74) is 6.16. The molecule has 0 fully saturated rings. The summed E-state index contributed by atoms with van der Waals surface area (Å²) in [6.07, 6.45) is 1.75. The fourth-order valence-electron chi connectivity index (χ4n) is 3.58. The summed E-state index contributed by atoms with van der Waals surface area (Å²) in [7, 11) is 0. The first kappa shape index (κ1) is 18.9. The van der Waals surface area contributed by atoms with Crippen molar-refractivity contribution < 1.29 is 9.53 Å². The summed E-state index contributed by atoms with van der Waals surface area (Å²) in [6.45, 7) is 3.87. The molecule has 0 heterocycles. The summed E-state index contributed by atoms with van der Waals surface area (Å²) in [4.78, 5) is 12.6. The molecule has 0 spiro atoms. The second-order valence-electron chi connectivity index (χ2n) is 6.80. The zero-order chi connectivity index (χ0) is 21.1. The van der Waals surface area contributed by atoms with Crippen molar-refractivity contribution in [2.45, 2.75) is 6.61 Å². The minimum Gasteiger partial charge on any atom is -0.457 e. The average Bonchev–Trinajstić information content (AvgIpc) is 3.12. The first-order valence-corrected chi connectivity index (χ1v) is 9.33. The first-order chi connectivity index (χ1) is 14.7. The monoisotopic (exact) mass is 388 g/mol. The summed E-state index contributed by atoms with van der Waals surface area (Å²) >= 11 is 0. The molecule has 142 valence electrons. The van der Waals surface area contributed by atoms with Gasteiger partial charge in [-0.1, -0.05) is 67.3 Å². The molecule has 0 bridgehead atoms. The second-order valence-corrected chi connectivity index (χ2v) is 6.80. The van der Waals surface area contributed by atoms with Gasteiger partial charge in [-0.25, -0.2) is 4.79 Å². The molecule has 0 saturated heterocycles. The van der Waals surface area contributed by atoms with Crippen molar-refractivity contribution in [2.24, 2.45) is 0 Å². The van der Waals surface area contributed by atoms with Crippen LogP contribution in [0.1, 0.15) is 32.6 Å². The number of benzene rings is 3. The molecule has 4 rings (SSSR count). The van der Waals surface area contributed by atoms with E-state index in [1.807, 2.05) is 66.7 Å². The predicted octanol–water partition coefficient (Wildman–Crippen LogP) is 5.52. The van der Waals surface area contributed by atoms with Gasteiger partial charge >= 0.3 is 5.97 Å². The van der Waals surface area contributed by atoms with E-state index in [1.54, 1.807) is 18.2 Å². The molecule has 1 aliphatic carbocycles. The van der Waals surface area contributed by atoms with E-state index in [1.165, 1.54) is 0 Å². The summed E-state index contributed by atoms with van der Waals surface area (Å²) < 4.78 is 5.46. The summed E-state index contributed by atoms with van der Waals surface area (Å²) in [5, 5.41) is 18.9. The molecule has 4 nitrogen and oxygen atoms in total. The van der Waals surface area contributed by atoms with Gasteiger partial charge in [0.2, 0.25) is 0 Å². The number of hydrogen-bond acceptors (Lipinski definition) is 4. The Balaban J connectivity index is 1.66. The van der Waals surface area contributed by atoms with Gasteiger partial charge < -0.3 is 4.74 Å². The average molecular weight is 388 g/mol. The topological polar surface area (TPSA) is 73.9 Å². The van der Waals surface area contributed by atoms with Crippen molar-refractivity contribution in [1.82, 2.24) is 0 Å². The van der Waals surface area contributed by atoms with Gasteiger partial charge in [0.1, 0.15) is 24.3 Å². The number of carbonyl (C=O) groups excluding carboxylic acids is 1. The van der Waals surface area contributed by atoms with Crippen LogP contribution in [0.25, 0.3) is 22.8 Å². The van der Waals surface area contributed by atoms with Crippen LogP contribution in [0.3, 0.4) is 0 Å². The molecule has 0 amide bonds. The van der Waals surface area contributed by atoms with E-state index in [0.29, 0.717) is 16.7 Å². The molecule has 0 aliphatic heterocycles. The molecular weight excluding hydrogens is 372 g/mol. The molecule has 0 aromatic heterocycles. The summed E-state index contributed by atoms with van der Waals surface area (Å²) in [5.74, 6) is -0.462. The standard InChI is InChI=1S/C26H16N2O2/c1-2-17-7-9-18(10-8-17)16-30-26(29)19-11-12-22-21-5-3-4-6-23(21)25(24(22)13-19)20(14-27)15-28/h2-13H,1,16H2. The number of carbonyl (C=O) groups is 1. The zero-order valence-electron chi connectivity index (χ0n) is 16.1. The van der Waals surface area contributed by atoms with Gasteiger partial charge in [0, 0.05) is 5.57 Å². The van der Waals surface area contributed by atoms with E-state index in [-0.39, 0.29) is 12.2 Å². The fraction of sp³-hybridized carbons (Fsp3) is 0.0385. The highest BCUT2D eigenvalue weighted by atomic mass is 16.5. The lowest BCUT2D eigenvalue weighted by Crippen LogP contribution is -2.06. The quantitative estimate of drug-likeness (QED) is 0.341. The van der Waals surface area contributed by atoms with Crippen LogP contribution in [0.15, 0.2) is 78.9 Å². The van der Waals surface area contributed by atoms with Crippen LogP contribution in [0.4, 0.5) is 0 Å². The Kier molecular flexibility index (Phi) is 4.99. The number of nitrogens with zero attached hydrogens (tertiary/aromatic N) is 2. The number of esters is 1. The number of ether oxygens (including phenoxy) is 1. The zero-order valence-corrected chi connectivity index (χ0v) is 16.1. The van der Waals surface area contributed by atoms with Crippen LogP contribution in [0, 0.1) is 22.7 Å². The van der Waals surface area contributed by atoms with Gasteiger partial charge in [0.05, 0.1) is 5.56 Å². The van der Waals surface area contributed by atoms with E-state index in [0.717, 1.165) is 27.8 Å². The molecule has 30 heavy (non-hydrogen) atoms. The largest absolute Gasteiger partial charge is 0.457 e. The fourth-order valence-corrected chi connectivity index (χ4v) is 3.58. The molecule has 4 heteroatoms. The van der Waals surface area contributed by atoms with Crippen LogP contribution in [-0.4, -0.2) is 5.97 Å². The SMILES string of the molecule is C=Cc1ccc(COC(=O)c2ccc3c(c2)C(=C(C#N)C#N)c2ccccc2-3)cc1. The molecule has 3 aromatic carbocycles. The Morgan fingerprint density at radius 3 is 2.23 bits per heavy atom. The number of nitriles is 2. The molecular formula is C26H16N2O2. The normalized spacial score (nSPS) is 10.9. The van der Waals surface area contributed by atoms with Gasteiger partial charge in [-0.3, -0.25) is 0 Å². The van der Waals surface area contributed by atoms with E-state index in [4.69, 9.17) is 4.74 Å². The maximum Gasteiger partial charge on any atom is 0.338 e. The molecule has 0 unspecified atom stereocenters. The lowest BCUT2D eigenvalue weighted by molar-refractivity contribution is 0.0472. The van der Waals surface area contributed by atoms with Gasteiger partial charge in [-0.2, -0.15) is 10.5 Å². The molecule has 0 radical (unpaired) electrons. The molecule has 0 N–H and O–H groups in total. The third kappa shape index (κ3) is 3.28. The highest BCUT2D eigenvalue weighted by Crippen LogP contribution is 2.45. The highest BCUT2D eigenvalue weighted by Gasteiger charge is 2.27. The van der Waals surface area contributed by atoms with E-state index >= 15 is 0 Å². The number of hydrogen-bond donors (Lipinski definition) is 0. The van der Waals surface area contributed by atoms with Crippen molar-refractivity contribution in [3.05, 3.63) is 107 Å². The second kappa shape index (κ2) is 7.91. The lowest BCUT2D eigenvalue weighted by atomic mass is 9.98. The molecule has 3 aromatic rings. The first-order valence-electron chi connectivity index (χ1n) is 9.33. The van der Waals surface area contributed by atoms with Crippen molar-refractivity contribution >= 4 is 17.6 Å². The van der Waals surface area contributed by atoms with E-state index in [9.17, 15) is 15.3 Å². The number of rotatable bonds is 4. The lowest BCUT2D eigenvalue weighted by Gasteiger charge is -2.08. The van der Waals surface area contributed by atoms with Crippen molar-refractivity contribution in [2.75, 3.05) is 0 Å². The van der Waals surface area contributed by atoms with Crippen molar-refractivity contribution in [3.63, 3.8) is 0 Å². The van der Waals surface area contributed by atoms with Crippen LogP contribution in [0.2, 0.25) is 0 Å². The van der Waals surface area contributed by atoms with Gasteiger partial charge in [-0.15, -0.1) is 0 Å².